The van der Waals surface area contributed by atoms with E-state index in [0.29, 0.717) is 5.76 Å². The minimum Gasteiger partial charge on any atom is -0.456 e. The van der Waals surface area contributed by atoms with Gasteiger partial charge in [0.1, 0.15) is 5.76 Å². The van der Waals surface area contributed by atoms with Gasteiger partial charge in [-0.3, -0.25) is 11.3 Å². The predicted octanol–water partition coefficient (Wildman–Crippen LogP) is 2.10. The van der Waals surface area contributed by atoms with E-state index in [4.69, 9.17) is 10.3 Å². The van der Waals surface area contributed by atoms with E-state index in [0.717, 1.165) is 5.39 Å². The maximum atomic E-state index is 13.2. The van der Waals surface area contributed by atoms with Crippen LogP contribution >= 0.6 is 0 Å². The van der Waals surface area contributed by atoms with Gasteiger partial charge in [0.25, 0.3) is 0 Å². The lowest BCUT2D eigenvalue weighted by molar-refractivity contribution is 0.449. The van der Waals surface area contributed by atoms with Crippen LogP contribution in [0.25, 0.3) is 11.0 Å². The maximum Gasteiger partial charge on any atom is 0.169 e. The lowest BCUT2D eigenvalue weighted by Gasteiger charge is -2.04. The number of benzene rings is 1. The Hall–Kier alpha value is -1.39. The molecule has 0 saturated carbocycles. The summed E-state index contributed by atoms with van der Waals surface area (Å²) in [6.45, 7) is 1.84. The second kappa shape index (κ2) is 3.40. The van der Waals surface area contributed by atoms with E-state index in [9.17, 15) is 4.39 Å². The number of rotatable bonds is 2. The van der Waals surface area contributed by atoms with Gasteiger partial charge >= 0.3 is 0 Å². The summed E-state index contributed by atoms with van der Waals surface area (Å²) in [5.74, 6) is 5.54. The molecule has 0 radical (unpaired) electrons. The number of hydrogen-bond acceptors (Lipinski definition) is 3. The molecular weight excluding hydrogens is 183 g/mol. The molecule has 0 bridgehead atoms. The van der Waals surface area contributed by atoms with Crippen molar-refractivity contribution in [1.29, 1.82) is 0 Å². The van der Waals surface area contributed by atoms with Gasteiger partial charge in [0.05, 0.1) is 6.04 Å². The summed E-state index contributed by atoms with van der Waals surface area (Å²) >= 11 is 0. The number of fused-ring (bicyclic) bond motifs is 1. The minimum atomic E-state index is -0.349. The van der Waals surface area contributed by atoms with Crippen LogP contribution in [-0.4, -0.2) is 0 Å². The van der Waals surface area contributed by atoms with Gasteiger partial charge in [0.15, 0.2) is 11.4 Å². The fraction of sp³-hybridized carbons (Fsp3) is 0.200. The molecule has 1 aromatic carbocycles. The molecule has 2 rings (SSSR count). The summed E-state index contributed by atoms with van der Waals surface area (Å²) in [7, 11) is 0. The Labute approximate surface area is 80.7 Å². The summed E-state index contributed by atoms with van der Waals surface area (Å²) in [4.78, 5) is 0. The van der Waals surface area contributed by atoms with Crippen molar-refractivity contribution in [3.63, 3.8) is 0 Å². The third kappa shape index (κ3) is 1.38. The number of furan rings is 1. The van der Waals surface area contributed by atoms with E-state index in [2.05, 4.69) is 5.43 Å². The standard InChI is InChI=1S/C10H11FN2O/c1-6(13-12)9-5-7-3-2-4-8(11)10(7)14-9/h2-6,13H,12H2,1H3. The van der Waals surface area contributed by atoms with Crippen LogP contribution in [0.1, 0.15) is 18.7 Å². The van der Waals surface area contributed by atoms with Gasteiger partial charge in [0, 0.05) is 5.39 Å². The molecule has 0 saturated heterocycles. The molecule has 3 N–H and O–H groups in total. The van der Waals surface area contributed by atoms with Crippen LogP contribution in [0.4, 0.5) is 4.39 Å². The first-order valence-corrected chi connectivity index (χ1v) is 4.36. The molecule has 4 heteroatoms. The zero-order chi connectivity index (χ0) is 10.1. The first kappa shape index (κ1) is 9.18. The molecular formula is C10H11FN2O. The number of para-hydroxylation sites is 1. The molecule has 2 aromatic rings. The third-order valence-corrected chi connectivity index (χ3v) is 2.19. The minimum absolute atomic E-state index is 0.123. The largest absolute Gasteiger partial charge is 0.456 e. The van der Waals surface area contributed by atoms with E-state index >= 15 is 0 Å². The van der Waals surface area contributed by atoms with E-state index in [1.807, 2.05) is 6.92 Å². The summed E-state index contributed by atoms with van der Waals surface area (Å²) in [5, 5.41) is 0.752. The molecule has 3 nitrogen and oxygen atoms in total. The molecule has 1 atom stereocenters. The van der Waals surface area contributed by atoms with Crippen molar-refractivity contribution >= 4 is 11.0 Å². The lowest BCUT2D eigenvalue weighted by atomic mass is 10.2. The normalized spacial score (nSPS) is 13.4. The molecule has 0 aliphatic rings. The van der Waals surface area contributed by atoms with Crippen molar-refractivity contribution < 1.29 is 8.81 Å². The van der Waals surface area contributed by atoms with Gasteiger partial charge in [0.2, 0.25) is 0 Å². The highest BCUT2D eigenvalue weighted by Gasteiger charge is 2.11. The highest BCUT2D eigenvalue weighted by atomic mass is 19.1. The smallest absolute Gasteiger partial charge is 0.169 e. The van der Waals surface area contributed by atoms with Gasteiger partial charge in [-0.15, -0.1) is 0 Å². The molecule has 0 amide bonds. The number of nitrogens with two attached hydrogens (primary N) is 1. The SMILES string of the molecule is CC(NN)c1cc2cccc(F)c2o1. The summed E-state index contributed by atoms with van der Waals surface area (Å²) in [6, 6.07) is 6.48. The van der Waals surface area contributed by atoms with E-state index in [1.165, 1.54) is 6.07 Å². The second-order valence-corrected chi connectivity index (χ2v) is 3.20. The molecule has 74 valence electrons. The Morgan fingerprint density at radius 2 is 2.29 bits per heavy atom. The monoisotopic (exact) mass is 194 g/mol. The zero-order valence-electron chi connectivity index (χ0n) is 7.75. The highest BCUT2D eigenvalue weighted by molar-refractivity contribution is 5.78. The lowest BCUT2D eigenvalue weighted by Crippen LogP contribution is -2.25. The van der Waals surface area contributed by atoms with Crippen LogP contribution < -0.4 is 11.3 Å². The third-order valence-electron chi connectivity index (χ3n) is 2.19. The summed E-state index contributed by atoms with van der Waals surface area (Å²) in [6.07, 6.45) is 0. The molecule has 0 spiro atoms. The number of hydrogen-bond donors (Lipinski definition) is 2. The average molecular weight is 194 g/mol. The Balaban J connectivity index is 2.56. The first-order chi connectivity index (χ1) is 6.72. The molecule has 1 heterocycles. The Bertz CT molecular complexity index is 452. The van der Waals surface area contributed by atoms with Crippen molar-refractivity contribution in [2.75, 3.05) is 0 Å². The molecule has 0 fully saturated rings. The maximum absolute atomic E-state index is 13.2. The topological polar surface area (TPSA) is 51.2 Å². The summed E-state index contributed by atoms with van der Waals surface area (Å²) in [5.41, 5.74) is 2.83. The van der Waals surface area contributed by atoms with Crippen molar-refractivity contribution in [1.82, 2.24) is 5.43 Å². The number of nitrogens with one attached hydrogen (secondary N) is 1. The average Bonchev–Trinajstić information content (AvgIpc) is 2.62. The van der Waals surface area contributed by atoms with Crippen molar-refractivity contribution in [2.45, 2.75) is 13.0 Å². The van der Waals surface area contributed by atoms with Gasteiger partial charge in [-0.05, 0) is 19.1 Å². The van der Waals surface area contributed by atoms with Gasteiger partial charge in [-0.2, -0.15) is 0 Å². The molecule has 1 aromatic heterocycles. The van der Waals surface area contributed by atoms with E-state index in [1.54, 1.807) is 18.2 Å². The Kier molecular flexibility index (Phi) is 2.23. The molecule has 14 heavy (non-hydrogen) atoms. The highest BCUT2D eigenvalue weighted by Crippen LogP contribution is 2.25. The zero-order valence-corrected chi connectivity index (χ0v) is 7.75. The van der Waals surface area contributed by atoms with Crippen molar-refractivity contribution in [3.8, 4) is 0 Å². The van der Waals surface area contributed by atoms with Crippen LogP contribution in [0.15, 0.2) is 28.7 Å². The Morgan fingerprint density at radius 3 is 2.93 bits per heavy atom. The van der Waals surface area contributed by atoms with Gasteiger partial charge in [-0.1, -0.05) is 12.1 Å². The molecule has 1 unspecified atom stereocenters. The van der Waals surface area contributed by atoms with Gasteiger partial charge in [-0.25, -0.2) is 4.39 Å². The van der Waals surface area contributed by atoms with Crippen LogP contribution in [-0.2, 0) is 0 Å². The fourth-order valence-corrected chi connectivity index (χ4v) is 1.34. The van der Waals surface area contributed by atoms with Crippen LogP contribution in [0.3, 0.4) is 0 Å². The van der Waals surface area contributed by atoms with Gasteiger partial charge < -0.3 is 4.42 Å². The summed E-state index contributed by atoms with van der Waals surface area (Å²) < 4.78 is 18.6. The molecule has 0 aliphatic carbocycles. The van der Waals surface area contributed by atoms with Crippen molar-refractivity contribution in [2.24, 2.45) is 5.84 Å². The van der Waals surface area contributed by atoms with Crippen LogP contribution in [0.2, 0.25) is 0 Å². The molecule has 0 aliphatic heterocycles. The number of hydrazine groups is 1. The second-order valence-electron chi connectivity index (χ2n) is 3.20. The predicted molar refractivity (Wildman–Crippen MR) is 51.9 cm³/mol. The first-order valence-electron chi connectivity index (χ1n) is 4.36. The van der Waals surface area contributed by atoms with Crippen LogP contribution in [0.5, 0.6) is 0 Å². The Morgan fingerprint density at radius 1 is 1.50 bits per heavy atom. The fourth-order valence-electron chi connectivity index (χ4n) is 1.34. The van der Waals surface area contributed by atoms with Crippen LogP contribution in [0, 0.1) is 5.82 Å². The van der Waals surface area contributed by atoms with E-state index in [-0.39, 0.29) is 17.4 Å². The van der Waals surface area contributed by atoms with E-state index < -0.39 is 0 Å². The quantitative estimate of drug-likeness (QED) is 0.568. The van der Waals surface area contributed by atoms with Crippen molar-refractivity contribution in [3.05, 3.63) is 35.8 Å². The number of halogens is 1.